The number of ether oxygens (including phenoxy) is 2. The Balaban J connectivity index is 2.03. The van der Waals surface area contributed by atoms with E-state index in [9.17, 15) is 29.2 Å². The zero-order chi connectivity index (χ0) is 18.0. The number of rotatable bonds is 8. The molecule has 1 aromatic carbocycles. The first-order valence-corrected chi connectivity index (χ1v) is 6.91. The monoisotopic (exact) mass is 348 g/mol. The van der Waals surface area contributed by atoms with Crippen LogP contribution in [0.1, 0.15) is 5.56 Å². The Hall–Kier alpha value is -1.82. The Bertz CT molecular complexity index is 689. The van der Waals surface area contributed by atoms with Crippen LogP contribution in [0.5, 0.6) is 5.75 Å². The lowest BCUT2D eigenvalue weighted by atomic mass is 10.1. The van der Waals surface area contributed by atoms with E-state index in [1.807, 2.05) is 5.32 Å². The third-order valence-corrected chi connectivity index (χ3v) is 3.45. The maximum atomic E-state index is 12.0. The van der Waals surface area contributed by atoms with Crippen molar-refractivity contribution in [2.45, 2.75) is 24.9 Å². The van der Waals surface area contributed by atoms with Crippen LogP contribution in [-0.2, 0) is 11.2 Å². The normalized spacial score (nSPS) is 13.0. The lowest BCUT2D eigenvalue weighted by Gasteiger charge is -2.33. The van der Waals surface area contributed by atoms with Gasteiger partial charge in [-0.05, 0) is 30.2 Å². The molecule has 0 fully saturated rings. The number of nitrogens with one attached hydrogen (secondary N) is 2. The van der Waals surface area contributed by atoms with Gasteiger partial charge in [0.05, 0.1) is 7.11 Å². The minimum absolute atomic E-state index is 0.174. The van der Waals surface area contributed by atoms with Crippen LogP contribution in [0.25, 0.3) is 10.9 Å². The smallest absolute Gasteiger partial charge is 0.355 e. The van der Waals surface area contributed by atoms with Gasteiger partial charge in [-0.25, -0.2) is 0 Å². The van der Waals surface area contributed by atoms with Crippen molar-refractivity contribution in [3.05, 3.63) is 30.0 Å². The summed E-state index contributed by atoms with van der Waals surface area (Å²) in [6, 6.07) is 5.34. The molecule has 6 N–H and O–H groups in total. The Morgan fingerprint density at radius 3 is 2.58 bits per heavy atom. The highest BCUT2D eigenvalue weighted by Gasteiger charge is 2.51. The summed E-state index contributed by atoms with van der Waals surface area (Å²) in [5.74, 6) is -6.75. The molecule has 1 aromatic heterocycles. The van der Waals surface area contributed by atoms with Crippen molar-refractivity contribution >= 4 is 10.9 Å². The van der Waals surface area contributed by atoms with Gasteiger partial charge >= 0.3 is 18.5 Å². The van der Waals surface area contributed by atoms with Crippen LogP contribution in [0.3, 0.4) is 0 Å². The minimum Gasteiger partial charge on any atom is -0.497 e. The highest BCUT2D eigenvalue weighted by atomic mass is 19.3. The summed E-state index contributed by atoms with van der Waals surface area (Å²) < 4.78 is 32.6. The summed E-state index contributed by atoms with van der Waals surface area (Å²) in [7, 11) is 1.52. The number of methoxy groups -OCH3 is 1. The standard InChI is InChI=1S/C14H18F2N2O6/c1-23-9-2-3-11-10(6-9)8(7-17-11)4-5-18-13(19,20)14(21,22)24-12(15)16/h2-3,6-7,12,17-22H,4-5H2,1H3. The van der Waals surface area contributed by atoms with E-state index in [2.05, 4.69) is 9.72 Å². The maximum absolute atomic E-state index is 12.0. The average molecular weight is 348 g/mol. The molecule has 0 aliphatic heterocycles. The number of benzene rings is 1. The second kappa shape index (κ2) is 6.97. The van der Waals surface area contributed by atoms with Gasteiger partial charge < -0.3 is 30.1 Å². The molecule has 1 heterocycles. The molecule has 0 amide bonds. The van der Waals surface area contributed by atoms with Gasteiger partial charge in [0.2, 0.25) is 0 Å². The molecule has 0 atom stereocenters. The Morgan fingerprint density at radius 2 is 1.96 bits per heavy atom. The SMILES string of the molecule is COc1ccc2[nH]cc(CCNC(O)(O)C(O)(O)OC(F)F)c2c1. The van der Waals surface area contributed by atoms with Crippen molar-refractivity contribution in [2.75, 3.05) is 13.7 Å². The Kier molecular flexibility index (Phi) is 5.38. The van der Waals surface area contributed by atoms with E-state index in [0.29, 0.717) is 5.75 Å². The van der Waals surface area contributed by atoms with Crippen molar-refractivity contribution in [2.24, 2.45) is 0 Å². The van der Waals surface area contributed by atoms with Crippen molar-refractivity contribution in [3.63, 3.8) is 0 Å². The van der Waals surface area contributed by atoms with Crippen LogP contribution in [0, 0.1) is 0 Å². The first-order valence-electron chi connectivity index (χ1n) is 6.91. The molecule has 0 saturated carbocycles. The molecule has 0 unspecified atom stereocenters. The molecule has 0 saturated heterocycles. The van der Waals surface area contributed by atoms with Crippen molar-refractivity contribution in [1.82, 2.24) is 10.3 Å². The number of aromatic nitrogens is 1. The number of fused-ring (bicyclic) bond motifs is 1. The molecule has 8 nitrogen and oxygen atoms in total. The summed E-state index contributed by atoms with van der Waals surface area (Å²) in [4.78, 5) is 3.01. The number of alkyl halides is 2. The second-order valence-electron chi connectivity index (χ2n) is 5.06. The molecule has 10 heteroatoms. The van der Waals surface area contributed by atoms with E-state index in [-0.39, 0.29) is 13.0 Å². The number of halogens is 2. The van der Waals surface area contributed by atoms with Gasteiger partial charge in [-0.3, -0.25) is 10.1 Å². The van der Waals surface area contributed by atoms with E-state index < -0.39 is 18.5 Å². The van der Waals surface area contributed by atoms with Crippen molar-refractivity contribution in [1.29, 1.82) is 0 Å². The molecular weight excluding hydrogens is 330 g/mol. The molecular formula is C14H18F2N2O6. The van der Waals surface area contributed by atoms with Crippen molar-refractivity contribution < 1.29 is 38.7 Å². The first kappa shape index (κ1) is 18.5. The fraction of sp³-hybridized carbons (Fsp3) is 0.429. The molecule has 134 valence electrons. The topological polar surface area (TPSA) is 127 Å². The van der Waals surface area contributed by atoms with Gasteiger partial charge in [0, 0.05) is 23.6 Å². The molecule has 0 bridgehead atoms. The lowest BCUT2D eigenvalue weighted by Crippen LogP contribution is -2.65. The molecule has 2 aromatic rings. The molecule has 0 radical (unpaired) electrons. The van der Waals surface area contributed by atoms with Crippen LogP contribution in [-0.4, -0.2) is 57.6 Å². The van der Waals surface area contributed by atoms with Gasteiger partial charge in [0.15, 0.2) is 0 Å². The Morgan fingerprint density at radius 1 is 1.25 bits per heavy atom. The fourth-order valence-electron chi connectivity index (χ4n) is 2.18. The maximum Gasteiger partial charge on any atom is 0.355 e. The third kappa shape index (κ3) is 3.98. The van der Waals surface area contributed by atoms with E-state index >= 15 is 0 Å². The molecule has 0 spiro atoms. The van der Waals surface area contributed by atoms with Gasteiger partial charge in [0.25, 0.3) is 0 Å². The number of aromatic amines is 1. The fourth-order valence-corrected chi connectivity index (χ4v) is 2.18. The third-order valence-electron chi connectivity index (χ3n) is 3.45. The molecule has 2 rings (SSSR count). The number of aliphatic hydroxyl groups is 4. The van der Waals surface area contributed by atoms with Crippen LogP contribution in [0.15, 0.2) is 24.4 Å². The van der Waals surface area contributed by atoms with E-state index in [0.717, 1.165) is 16.5 Å². The largest absolute Gasteiger partial charge is 0.497 e. The van der Waals surface area contributed by atoms with Crippen LogP contribution < -0.4 is 10.1 Å². The summed E-state index contributed by atoms with van der Waals surface area (Å²) in [6.45, 7) is -3.78. The number of hydrogen-bond acceptors (Lipinski definition) is 7. The number of H-pyrrole nitrogens is 1. The first-order chi connectivity index (χ1) is 11.2. The van der Waals surface area contributed by atoms with Gasteiger partial charge in [-0.2, -0.15) is 8.78 Å². The lowest BCUT2D eigenvalue weighted by molar-refractivity contribution is -0.494. The van der Waals surface area contributed by atoms with E-state index in [4.69, 9.17) is 4.74 Å². The van der Waals surface area contributed by atoms with E-state index in [1.54, 1.807) is 24.4 Å². The van der Waals surface area contributed by atoms with Crippen molar-refractivity contribution in [3.8, 4) is 5.75 Å². The average Bonchev–Trinajstić information content (AvgIpc) is 2.88. The van der Waals surface area contributed by atoms with E-state index in [1.165, 1.54) is 7.11 Å². The van der Waals surface area contributed by atoms with Gasteiger partial charge in [-0.15, -0.1) is 0 Å². The van der Waals surface area contributed by atoms with Crippen LogP contribution in [0.4, 0.5) is 8.78 Å². The van der Waals surface area contributed by atoms with Gasteiger partial charge in [0.1, 0.15) is 5.75 Å². The van der Waals surface area contributed by atoms with Crippen LogP contribution in [0.2, 0.25) is 0 Å². The predicted octanol–water partition coefficient (Wildman–Crippen LogP) is -0.175. The summed E-state index contributed by atoms with van der Waals surface area (Å²) in [5.41, 5.74) is 1.59. The Labute approximate surface area is 135 Å². The summed E-state index contributed by atoms with van der Waals surface area (Å²) in [6.07, 6.45) is 1.91. The minimum atomic E-state index is -3.88. The zero-order valence-corrected chi connectivity index (χ0v) is 12.7. The van der Waals surface area contributed by atoms with Gasteiger partial charge in [-0.1, -0.05) is 0 Å². The molecule has 0 aliphatic rings. The summed E-state index contributed by atoms with van der Waals surface area (Å²) >= 11 is 0. The highest BCUT2D eigenvalue weighted by Crippen LogP contribution is 2.24. The quantitative estimate of drug-likeness (QED) is 0.366. The van der Waals surface area contributed by atoms with Crippen LogP contribution >= 0.6 is 0 Å². The molecule has 0 aliphatic carbocycles. The molecule has 24 heavy (non-hydrogen) atoms. The summed E-state index contributed by atoms with van der Waals surface area (Å²) in [5, 5.41) is 40.1. The highest BCUT2D eigenvalue weighted by molar-refractivity contribution is 5.84. The number of hydrogen-bond donors (Lipinski definition) is 6. The predicted molar refractivity (Wildman–Crippen MR) is 78.0 cm³/mol. The second-order valence-corrected chi connectivity index (χ2v) is 5.06. The zero-order valence-electron chi connectivity index (χ0n) is 12.7.